The quantitative estimate of drug-likeness (QED) is 0.0299. The molecule has 0 aromatic rings. The van der Waals surface area contributed by atoms with Crippen molar-refractivity contribution < 1.29 is 38.2 Å². The van der Waals surface area contributed by atoms with Crippen LogP contribution >= 0.6 is 0 Å². The Labute approximate surface area is 307 Å². The SMILES string of the molecule is CCCCCC/C=C/CCC(=O)OC(COCCC(C(=O)O)[N+](C)(C)C)COC(=O)CCCCCCC/C=C/CCCCCCCCCCC. The first-order valence-corrected chi connectivity index (χ1v) is 20.4. The van der Waals surface area contributed by atoms with Gasteiger partial charge in [-0.1, -0.05) is 128 Å². The number of nitrogens with zero attached hydrogens (tertiary/aromatic N) is 1. The highest BCUT2D eigenvalue weighted by Gasteiger charge is 2.31. The van der Waals surface area contributed by atoms with E-state index in [1.807, 2.05) is 27.2 Å². The number of hydrogen-bond donors (Lipinski definition) is 1. The number of rotatable bonds is 36. The summed E-state index contributed by atoms with van der Waals surface area (Å²) in [4.78, 5) is 36.7. The highest BCUT2D eigenvalue weighted by Crippen LogP contribution is 2.13. The summed E-state index contributed by atoms with van der Waals surface area (Å²) in [6.45, 7) is 4.64. The maximum absolute atomic E-state index is 12.6. The molecule has 0 radical (unpaired) electrons. The van der Waals surface area contributed by atoms with Crippen LogP contribution in [0, 0.1) is 0 Å². The topological polar surface area (TPSA) is 99.1 Å². The molecule has 0 aromatic heterocycles. The number of quaternary nitrogens is 1. The van der Waals surface area contributed by atoms with Crippen molar-refractivity contribution in [3.8, 4) is 0 Å². The number of carboxylic acid groups (broad SMARTS) is 1. The third-order valence-electron chi connectivity index (χ3n) is 9.09. The minimum Gasteiger partial charge on any atom is -0.477 e. The van der Waals surface area contributed by atoms with E-state index in [9.17, 15) is 19.5 Å². The maximum atomic E-state index is 12.6. The van der Waals surface area contributed by atoms with Gasteiger partial charge in [-0.2, -0.15) is 0 Å². The second-order valence-corrected chi connectivity index (χ2v) is 14.9. The van der Waals surface area contributed by atoms with E-state index in [0.717, 1.165) is 44.9 Å². The standard InChI is InChI=1S/C42H77NO7/c1-6-8-10-12-14-16-17-18-19-20-21-22-23-24-25-27-28-30-32-40(44)49-37-38(36-48-35-34-39(42(46)47)43(3,4)5)50-41(45)33-31-29-26-15-13-11-9-7-2/h21-22,26,29,38-39H,6-20,23-25,27-28,30-37H2,1-5H3/p+1/b22-21+,29-26+. The fraction of sp³-hybridized carbons (Fsp3) is 0.833. The number of hydrogen-bond acceptors (Lipinski definition) is 6. The third-order valence-corrected chi connectivity index (χ3v) is 9.09. The van der Waals surface area contributed by atoms with E-state index in [-0.39, 0.29) is 42.7 Å². The number of allylic oxidation sites excluding steroid dienone is 4. The van der Waals surface area contributed by atoms with Gasteiger partial charge in [0.1, 0.15) is 6.61 Å². The first-order valence-electron chi connectivity index (χ1n) is 20.4. The molecule has 292 valence electrons. The average molecular weight is 709 g/mol. The monoisotopic (exact) mass is 709 g/mol. The number of carbonyl (C=O) groups is 3. The number of aliphatic carboxylic acids is 1. The van der Waals surface area contributed by atoms with Crippen molar-refractivity contribution in [1.82, 2.24) is 0 Å². The molecule has 0 heterocycles. The van der Waals surface area contributed by atoms with Gasteiger partial charge in [0.2, 0.25) is 0 Å². The van der Waals surface area contributed by atoms with E-state index in [1.54, 1.807) is 0 Å². The Balaban J connectivity index is 4.30. The van der Waals surface area contributed by atoms with Crippen LogP contribution in [0.5, 0.6) is 0 Å². The van der Waals surface area contributed by atoms with Crippen molar-refractivity contribution in [2.45, 2.75) is 187 Å². The molecule has 2 unspecified atom stereocenters. The molecule has 0 aliphatic rings. The molecule has 8 heteroatoms. The van der Waals surface area contributed by atoms with Crippen molar-refractivity contribution in [3.63, 3.8) is 0 Å². The van der Waals surface area contributed by atoms with Gasteiger partial charge in [0, 0.05) is 19.3 Å². The van der Waals surface area contributed by atoms with Gasteiger partial charge in [0.15, 0.2) is 12.1 Å². The maximum Gasteiger partial charge on any atom is 0.362 e. The van der Waals surface area contributed by atoms with Crippen molar-refractivity contribution in [2.75, 3.05) is 41.0 Å². The lowest BCUT2D eigenvalue weighted by Gasteiger charge is -2.31. The summed E-state index contributed by atoms with van der Waals surface area (Å²) in [5, 5.41) is 9.57. The molecule has 8 nitrogen and oxygen atoms in total. The van der Waals surface area contributed by atoms with E-state index in [0.29, 0.717) is 19.3 Å². The Kier molecular flexibility index (Phi) is 32.4. The lowest BCUT2D eigenvalue weighted by molar-refractivity contribution is -0.887. The van der Waals surface area contributed by atoms with E-state index >= 15 is 0 Å². The second kappa shape index (κ2) is 33.9. The molecule has 0 saturated carbocycles. The number of carbonyl (C=O) groups excluding carboxylic acids is 2. The minimum absolute atomic E-state index is 0.0450. The molecule has 0 fully saturated rings. The molecule has 0 aliphatic heterocycles. The van der Waals surface area contributed by atoms with Crippen LogP contribution in [0.15, 0.2) is 24.3 Å². The van der Waals surface area contributed by atoms with Crippen LogP contribution in [-0.4, -0.2) is 80.6 Å². The van der Waals surface area contributed by atoms with E-state index in [2.05, 4.69) is 32.1 Å². The summed E-state index contributed by atoms with van der Waals surface area (Å²) >= 11 is 0. The summed E-state index contributed by atoms with van der Waals surface area (Å²) in [6, 6.07) is -0.617. The van der Waals surface area contributed by atoms with Crippen LogP contribution in [-0.2, 0) is 28.6 Å². The molecule has 0 rings (SSSR count). The molecule has 0 aliphatic carbocycles. The average Bonchev–Trinajstić information content (AvgIpc) is 3.06. The van der Waals surface area contributed by atoms with Gasteiger partial charge in [0.25, 0.3) is 0 Å². The van der Waals surface area contributed by atoms with Crippen LogP contribution < -0.4 is 0 Å². The normalized spacial score (nSPS) is 13.2. The summed E-state index contributed by atoms with van der Waals surface area (Å²) < 4.78 is 17.1. The highest BCUT2D eigenvalue weighted by molar-refractivity contribution is 5.72. The van der Waals surface area contributed by atoms with Gasteiger partial charge in [-0.15, -0.1) is 0 Å². The van der Waals surface area contributed by atoms with Gasteiger partial charge in [-0.3, -0.25) is 9.59 Å². The number of ether oxygens (including phenoxy) is 3. The Morgan fingerprint density at radius 1 is 0.580 bits per heavy atom. The predicted molar refractivity (Wildman–Crippen MR) is 206 cm³/mol. The number of unbranched alkanes of at least 4 members (excludes halogenated alkanes) is 18. The van der Waals surface area contributed by atoms with Gasteiger partial charge in [0.05, 0.1) is 34.4 Å². The van der Waals surface area contributed by atoms with Crippen LogP contribution in [0.1, 0.15) is 174 Å². The summed E-state index contributed by atoms with van der Waals surface area (Å²) in [5.74, 6) is -1.54. The van der Waals surface area contributed by atoms with Gasteiger partial charge in [-0.05, 0) is 51.4 Å². The van der Waals surface area contributed by atoms with Crippen molar-refractivity contribution >= 4 is 17.9 Å². The fourth-order valence-electron chi connectivity index (χ4n) is 5.87. The van der Waals surface area contributed by atoms with Crippen LogP contribution in [0.4, 0.5) is 0 Å². The molecule has 0 spiro atoms. The van der Waals surface area contributed by atoms with Crippen LogP contribution in [0.25, 0.3) is 0 Å². The van der Waals surface area contributed by atoms with Gasteiger partial charge < -0.3 is 23.8 Å². The first-order chi connectivity index (χ1) is 24.1. The molecule has 2 atom stereocenters. The van der Waals surface area contributed by atoms with Gasteiger partial charge >= 0.3 is 17.9 Å². The Hall–Kier alpha value is -2.19. The summed E-state index contributed by atoms with van der Waals surface area (Å²) in [5.41, 5.74) is 0. The summed E-state index contributed by atoms with van der Waals surface area (Å²) in [7, 11) is 5.50. The number of carboxylic acids is 1. The van der Waals surface area contributed by atoms with Crippen LogP contribution in [0.3, 0.4) is 0 Å². The molecule has 0 bridgehead atoms. The largest absolute Gasteiger partial charge is 0.477 e. The second-order valence-electron chi connectivity index (χ2n) is 14.9. The number of likely N-dealkylation sites (N-methyl/N-ethyl adjacent to an activating group) is 1. The fourth-order valence-corrected chi connectivity index (χ4v) is 5.87. The van der Waals surface area contributed by atoms with Crippen molar-refractivity contribution in [1.29, 1.82) is 0 Å². The summed E-state index contributed by atoms with van der Waals surface area (Å²) in [6.07, 6.45) is 35.3. The van der Waals surface area contributed by atoms with E-state index in [4.69, 9.17) is 14.2 Å². The zero-order valence-corrected chi connectivity index (χ0v) is 33.1. The lowest BCUT2D eigenvalue weighted by Crippen LogP contribution is -2.50. The van der Waals surface area contributed by atoms with E-state index in [1.165, 1.54) is 89.9 Å². The number of esters is 2. The molecule has 50 heavy (non-hydrogen) atoms. The molecule has 1 N–H and O–H groups in total. The first kappa shape index (κ1) is 47.8. The molecule has 0 amide bonds. The molecular formula is C42H78NO7+. The zero-order chi connectivity index (χ0) is 37.1. The van der Waals surface area contributed by atoms with Crippen molar-refractivity contribution in [2.24, 2.45) is 0 Å². The zero-order valence-electron chi connectivity index (χ0n) is 33.1. The van der Waals surface area contributed by atoms with E-state index < -0.39 is 18.1 Å². The minimum atomic E-state index is -0.882. The van der Waals surface area contributed by atoms with Crippen molar-refractivity contribution in [3.05, 3.63) is 24.3 Å². The smallest absolute Gasteiger partial charge is 0.362 e. The molecular weight excluding hydrogens is 630 g/mol. The molecule has 0 aromatic carbocycles. The molecule has 0 saturated heterocycles. The predicted octanol–water partition coefficient (Wildman–Crippen LogP) is 10.5. The lowest BCUT2D eigenvalue weighted by atomic mass is 10.1. The van der Waals surface area contributed by atoms with Crippen LogP contribution in [0.2, 0.25) is 0 Å². The Bertz CT molecular complexity index is 880. The van der Waals surface area contributed by atoms with Gasteiger partial charge in [-0.25, -0.2) is 4.79 Å². The Morgan fingerprint density at radius 2 is 1.04 bits per heavy atom. The highest BCUT2D eigenvalue weighted by atomic mass is 16.6. The Morgan fingerprint density at radius 3 is 1.54 bits per heavy atom. The third kappa shape index (κ3) is 31.8.